The molecule has 9 rings (SSSR count). The number of methoxy groups -OCH3 is 2. The van der Waals surface area contributed by atoms with Gasteiger partial charge in [-0.2, -0.15) is 8.42 Å². The second-order valence-electron chi connectivity index (χ2n) is 21.7. The lowest BCUT2D eigenvalue weighted by Crippen LogP contribution is -2.47. The summed E-state index contributed by atoms with van der Waals surface area (Å²) in [7, 11) is 5.19. The maximum Gasteiger partial charge on any atom is 0.277 e. The van der Waals surface area contributed by atoms with E-state index in [0.29, 0.717) is 97.6 Å². The van der Waals surface area contributed by atoms with Crippen LogP contribution in [0, 0.1) is 6.92 Å². The van der Waals surface area contributed by atoms with Crippen LogP contribution in [0.25, 0.3) is 0 Å². The van der Waals surface area contributed by atoms with Gasteiger partial charge in [0.05, 0.1) is 48.8 Å². The van der Waals surface area contributed by atoms with Gasteiger partial charge in [0, 0.05) is 88.1 Å². The van der Waals surface area contributed by atoms with Crippen LogP contribution in [-0.2, 0) is 67.8 Å². The largest absolute Gasteiger partial charge is 0.493 e. The van der Waals surface area contributed by atoms with E-state index in [4.69, 9.17) is 23.1 Å². The van der Waals surface area contributed by atoms with Crippen LogP contribution in [0.2, 0.25) is 0 Å². The number of unbranched alkanes of at least 4 members (excludes halogenated alkanes) is 1. The number of benzene rings is 5. The molecule has 0 saturated carbocycles. The second kappa shape index (κ2) is 25.7. The van der Waals surface area contributed by atoms with Gasteiger partial charge in [-0.3, -0.25) is 23.4 Å². The number of Topliss-reactive ketones (excluding diaryl/α,β-unsaturated/α-hetero) is 1. The Morgan fingerprint density at radius 3 is 2.08 bits per heavy atom. The molecule has 19 heteroatoms. The Bertz CT molecular complexity index is 3230. The number of aryl methyl sites for hydroxylation is 1. The molecule has 4 aliphatic rings. The van der Waals surface area contributed by atoms with E-state index in [-0.39, 0.29) is 72.8 Å². The molecule has 0 saturated heterocycles. The van der Waals surface area contributed by atoms with Gasteiger partial charge in [-0.05, 0) is 129 Å². The molecular weight excluding hydrogens is 1070 g/mol. The first-order valence-corrected chi connectivity index (χ1v) is 31.1. The number of ketones is 1. The fraction of sp³-hybridized carbons (Fsp3) is 0.443. The van der Waals surface area contributed by atoms with Gasteiger partial charge < -0.3 is 44.3 Å². The number of anilines is 3. The van der Waals surface area contributed by atoms with Gasteiger partial charge in [-0.25, -0.2) is 0 Å². The van der Waals surface area contributed by atoms with Crippen LogP contribution in [0.3, 0.4) is 0 Å². The van der Waals surface area contributed by atoms with Crippen LogP contribution in [-0.4, -0.2) is 118 Å². The third-order valence-electron chi connectivity index (χ3n) is 15.5. The van der Waals surface area contributed by atoms with Crippen molar-refractivity contribution in [1.82, 2.24) is 9.80 Å². The van der Waals surface area contributed by atoms with Gasteiger partial charge in [-0.1, -0.05) is 70.1 Å². The number of amides is 3. The molecule has 2 N–H and O–H groups in total. The van der Waals surface area contributed by atoms with Crippen molar-refractivity contribution in [2.24, 2.45) is 0 Å². The number of carbonyl (C=O) groups excluding carboxylic acids is 4. The van der Waals surface area contributed by atoms with Crippen molar-refractivity contribution in [1.29, 1.82) is 0 Å². The van der Waals surface area contributed by atoms with Crippen LogP contribution in [0.4, 0.5) is 17.1 Å². The normalized spacial score (nSPS) is 17.1. The smallest absolute Gasteiger partial charge is 0.277 e. The molecule has 5 aromatic carbocycles. The molecule has 16 nitrogen and oxygen atoms in total. The Labute approximate surface area is 478 Å². The molecule has 0 radical (unpaired) electrons. The van der Waals surface area contributed by atoms with Gasteiger partial charge in [0.25, 0.3) is 21.9 Å². The number of fused-ring (bicyclic) bond motifs is 6. The summed E-state index contributed by atoms with van der Waals surface area (Å²) in [6.07, 6.45) is 3.67. The topological polar surface area (TPSA) is 182 Å². The average Bonchev–Trinajstić information content (AvgIpc) is 3.65. The summed E-state index contributed by atoms with van der Waals surface area (Å²) in [5.74, 6) is 1.25. The lowest BCUT2D eigenvalue weighted by Gasteiger charge is -2.36. The van der Waals surface area contributed by atoms with Crippen molar-refractivity contribution < 1.29 is 50.7 Å². The fourth-order valence-corrected chi connectivity index (χ4v) is 15.0. The zero-order valence-electron chi connectivity index (χ0n) is 46.8. The molecule has 0 bridgehead atoms. The molecule has 80 heavy (non-hydrogen) atoms. The highest BCUT2D eigenvalue weighted by Crippen LogP contribution is 2.42. The third kappa shape index (κ3) is 13.7. The summed E-state index contributed by atoms with van der Waals surface area (Å²) in [6, 6.07) is 29.8. The highest BCUT2D eigenvalue weighted by atomic mass is 33.1. The number of hydrogen-bond donors (Lipinski definition) is 2. The molecule has 426 valence electrons. The Balaban J connectivity index is 0.898. The van der Waals surface area contributed by atoms with Crippen molar-refractivity contribution in [2.45, 2.75) is 121 Å². The van der Waals surface area contributed by atoms with Crippen molar-refractivity contribution in [3.8, 4) is 17.2 Å². The molecule has 0 aliphatic carbocycles. The van der Waals surface area contributed by atoms with Crippen molar-refractivity contribution in [2.75, 3.05) is 69.4 Å². The number of ether oxygens (including phenoxy) is 4. The third-order valence-corrected chi connectivity index (χ3v) is 20.5. The molecule has 3 amide bonds. The number of carbonyl (C=O) groups is 4. The van der Waals surface area contributed by atoms with Crippen LogP contribution in [0.1, 0.15) is 112 Å². The molecular formula is C61H73N5O11S3. The Morgan fingerprint density at radius 1 is 0.775 bits per heavy atom. The molecule has 0 spiro atoms. The van der Waals surface area contributed by atoms with Gasteiger partial charge in [0.1, 0.15) is 24.2 Å². The summed E-state index contributed by atoms with van der Waals surface area (Å²) in [6.45, 7) is 9.07. The van der Waals surface area contributed by atoms with Gasteiger partial charge >= 0.3 is 0 Å². The fourth-order valence-electron chi connectivity index (χ4n) is 11.1. The van der Waals surface area contributed by atoms with Gasteiger partial charge in [0.15, 0.2) is 17.3 Å². The van der Waals surface area contributed by atoms with Gasteiger partial charge in [-0.15, -0.1) is 0 Å². The quantitative estimate of drug-likeness (QED) is 0.0338. The van der Waals surface area contributed by atoms with Gasteiger partial charge in [0.2, 0.25) is 5.91 Å². The van der Waals surface area contributed by atoms with Crippen LogP contribution in [0.15, 0.2) is 91.0 Å². The van der Waals surface area contributed by atoms with Crippen molar-refractivity contribution in [3.05, 3.63) is 141 Å². The SMILES string of the molecule is COCCCCC(=O)C(CCSSC(C)(C)CCC(=O)Nc1cc(COc2cc3c(cc2C)C(=O)N2Cc4ccccc4C[C@H]2CN3C)cc(COc2cc3c(cc2OC)C(=O)N2Cc4ccccc4C[C@H]2CN3)c1)S(=O)(=O)OC. The molecule has 3 atom stereocenters. The van der Waals surface area contributed by atoms with Crippen LogP contribution in [0.5, 0.6) is 17.2 Å². The van der Waals surface area contributed by atoms with E-state index < -0.39 is 15.4 Å². The van der Waals surface area contributed by atoms with Crippen molar-refractivity contribution in [3.63, 3.8) is 0 Å². The predicted octanol–water partition coefficient (Wildman–Crippen LogP) is 10.2. The molecule has 4 aliphatic heterocycles. The van der Waals surface area contributed by atoms with E-state index in [9.17, 15) is 27.6 Å². The lowest BCUT2D eigenvalue weighted by molar-refractivity contribution is -0.119. The summed E-state index contributed by atoms with van der Waals surface area (Å²) >= 11 is 0. The van der Waals surface area contributed by atoms with Crippen LogP contribution >= 0.6 is 21.6 Å². The van der Waals surface area contributed by atoms with E-state index in [0.717, 1.165) is 47.9 Å². The first-order chi connectivity index (χ1) is 38.4. The first kappa shape index (κ1) is 58.4. The molecule has 4 heterocycles. The average molecular weight is 1150 g/mol. The molecule has 0 aromatic heterocycles. The van der Waals surface area contributed by atoms with Crippen molar-refractivity contribution >= 4 is 72.3 Å². The van der Waals surface area contributed by atoms with Crippen LogP contribution < -0.4 is 29.7 Å². The van der Waals surface area contributed by atoms with E-state index in [2.05, 4.69) is 45.9 Å². The summed E-state index contributed by atoms with van der Waals surface area (Å²) in [4.78, 5) is 61.4. The summed E-state index contributed by atoms with van der Waals surface area (Å²) in [5.41, 5.74) is 10.3. The first-order valence-electron chi connectivity index (χ1n) is 27.3. The standard InChI is InChI=1S/C61H73N5O11S3/c1-39-24-50-52(64(4)36-48-29-43-15-9-11-17-45(43)35-66(48)60(50)70)32-54(39)76-37-40-25-41(38-77-56-31-51-49(30-55(56)74-6)59(69)65-34-44-16-10-8-14-42(44)28-47(65)33-62-51)27-46(26-40)63-58(68)19-21-61(2,3)79-78-23-20-57(80(71,72)75-7)53(67)18-12-13-22-73-5/h8-11,14-17,24-27,30-32,47-48,57,62H,12-13,18-23,28-29,33-38H2,1-7H3,(H,63,68)/t47-,48-,57?/m0/s1. The Kier molecular flexibility index (Phi) is 18.8. The monoisotopic (exact) mass is 1150 g/mol. The minimum absolute atomic E-state index is 0.00425. The molecule has 1 unspecified atom stereocenters. The minimum atomic E-state index is -4.06. The number of nitrogens with zero attached hydrogens (tertiary/aromatic N) is 3. The molecule has 0 fully saturated rings. The number of likely N-dealkylation sites (N-methyl/N-ethyl adjacent to an activating group) is 1. The zero-order chi connectivity index (χ0) is 56.7. The lowest BCUT2D eigenvalue weighted by atomic mass is 9.93. The summed E-state index contributed by atoms with van der Waals surface area (Å²) in [5, 5.41) is 5.40. The van der Waals surface area contributed by atoms with E-state index in [1.54, 1.807) is 31.1 Å². The summed E-state index contributed by atoms with van der Waals surface area (Å²) < 4.78 is 53.9. The van der Waals surface area contributed by atoms with E-state index in [1.165, 1.54) is 27.5 Å². The number of rotatable bonds is 24. The molecule has 5 aromatic rings. The maximum atomic E-state index is 14.3. The predicted molar refractivity (Wildman–Crippen MR) is 316 cm³/mol. The minimum Gasteiger partial charge on any atom is -0.493 e. The maximum absolute atomic E-state index is 14.3. The second-order valence-corrected chi connectivity index (χ2v) is 26.8. The number of nitrogens with one attached hydrogen (secondary N) is 2. The Morgan fingerprint density at radius 2 is 1.41 bits per heavy atom. The van der Waals surface area contributed by atoms with E-state index >= 15 is 0 Å². The Hall–Kier alpha value is -6.25. The highest BCUT2D eigenvalue weighted by molar-refractivity contribution is 8.77. The number of hydrogen-bond acceptors (Lipinski definition) is 15. The van der Waals surface area contributed by atoms with E-state index in [1.807, 2.05) is 92.2 Å². The highest BCUT2D eigenvalue weighted by Gasteiger charge is 2.38. The zero-order valence-corrected chi connectivity index (χ0v) is 49.2.